The van der Waals surface area contributed by atoms with E-state index in [9.17, 15) is 9.59 Å². The number of esters is 1. The Labute approximate surface area is 141 Å². The van der Waals surface area contributed by atoms with E-state index in [1.807, 2.05) is 19.1 Å². The number of hydrazone groups is 1. The molecule has 0 saturated heterocycles. The molecule has 0 fully saturated rings. The Balaban J connectivity index is 2.25. The van der Waals surface area contributed by atoms with Gasteiger partial charge >= 0.3 is 12.0 Å². The molecule has 0 aromatic heterocycles. The van der Waals surface area contributed by atoms with Crippen LogP contribution in [0.5, 0.6) is 5.75 Å². The molecule has 2 rings (SSSR count). The number of nitrogens with two attached hydrogens (primary N) is 1. The molecule has 0 spiro atoms. The van der Waals surface area contributed by atoms with E-state index in [0.717, 1.165) is 10.0 Å². The summed E-state index contributed by atoms with van der Waals surface area (Å²) in [5, 5.41) is 3.68. The maximum atomic E-state index is 12.3. The number of ether oxygens (including phenoxy) is 1. The Kier molecular flexibility index (Phi) is 5.48. The van der Waals surface area contributed by atoms with Crippen molar-refractivity contribution < 1.29 is 14.3 Å². The summed E-state index contributed by atoms with van der Waals surface area (Å²) in [7, 11) is 0. The zero-order chi connectivity index (χ0) is 16.8. The number of primary amides is 1. The molecule has 0 bridgehead atoms. The third-order valence-electron chi connectivity index (χ3n) is 2.92. The van der Waals surface area contributed by atoms with Crippen LogP contribution in [0.4, 0.5) is 4.79 Å². The van der Waals surface area contributed by atoms with Crippen LogP contribution in [-0.4, -0.2) is 18.2 Å². The minimum Gasteiger partial charge on any atom is -0.422 e. The lowest BCUT2D eigenvalue weighted by atomic mass is 10.1. The zero-order valence-corrected chi connectivity index (χ0v) is 13.8. The van der Waals surface area contributed by atoms with Crippen LogP contribution in [0.3, 0.4) is 0 Å². The van der Waals surface area contributed by atoms with E-state index in [1.54, 1.807) is 30.3 Å². The first kappa shape index (κ1) is 16.7. The second-order valence-corrected chi connectivity index (χ2v) is 5.54. The van der Waals surface area contributed by atoms with Gasteiger partial charge in [-0.15, -0.1) is 0 Å². The fraction of sp³-hybridized carbons (Fsp3) is 0.0625. The summed E-state index contributed by atoms with van der Waals surface area (Å²) in [6, 6.07) is 11.4. The molecule has 0 aliphatic heterocycles. The maximum Gasteiger partial charge on any atom is 0.343 e. The first-order valence-corrected chi connectivity index (χ1v) is 7.42. The van der Waals surface area contributed by atoms with Crippen LogP contribution in [0.1, 0.15) is 21.5 Å². The molecule has 2 amide bonds. The van der Waals surface area contributed by atoms with Crippen molar-refractivity contribution in [1.82, 2.24) is 5.43 Å². The summed E-state index contributed by atoms with van der Waals surface area (Å²) >= 11 is 3.33. The molecule has 7 heteroatoms. The van der Waals surface area contributed by atoms with Crippen molar-refractivity contribution in [3.05, 3.63) is 63.6 Å². The molecule has 0 radical (unpaired) electrons. The summed E-state index contributed by atoms with van der Waals surface area (Å²) in [6.45, 7) is 1.83. The van der Waals surface area contributed by atoms with Crippen molar-refractivity contribution in [1.29, 1.82) is 0 Å². The number of hydrogen-bond acceptors (Lipinski definition) is 4. The van der Waals surface area contributed by atoms with Crippen LogP contribution in [0.2, 0.25) is 0 Å². The summed E-state index contributed by atoms with van der Waals surface area (Å²) in [6.07, 6.45) is 1.34. The van der Waals surface area contributed by atoms with Gasteiger partial charge in [-0.3, -0.25) is 0 Å². The van der Waals surface area contributed by atoms with Gasteiger partial charge in [-0.25, -0.2) is 15.0 Å². The van der Waals surface area contributed by atoms with Gasteiger partial charge in [0.1, 0.15) is 5.75 Å². The molecular formula is C16H14BrN3O3. The minimum absolute atomic E-state index is 0.316. The highest BCUT2D eigenvalue weighted by Crippen LogP contribution is 2.23. The Bertz CT molecular complexity index is 775. The van der Waals surface area contributed by atoms with Crippen molar-refractivity contribution in [2.75, 3.05) is 0 Å². The van der Waals surface area contributed by atoms with Crippen LogP contribution in [-0.2, 0) is 0 Å². The van der Waals surface area contributed by atoms with E-state index in [2.05, 4.69) is 26.5 Å². The molecule has 6 nitrogen and oxygen atoms in total. The van der Waals surface area contributed by atoms with E-state index < -0.39 is 12.0 Å². The van der Waals surface area contributed by atoms with Crippen molar-refractivity contribution >= 4 is 34.1 Å². The first-order chi connectivity index (χ1) is 11.0. The summed E-state index contributed by atoms with van der Waals surface area (Å²) in [5.74, 6) is -0.153. The van der Waals surface area contributed by atoms with Gasteiger partial charge in [-0.1, -0.05) is 34.1 Å². The quantitative estimate of drug-likeness (QED) is 0.372. The summed E-state index contributed by atoms with van der Waals surface area (Å²) < 4.78 is 6.20. The molecule has 0 heterocycles. The fourth-order valence-corrected chi connectivity index (χ4v) is 2.21. The molecule has 2 aromatic carbocycles. The molecule has 0 atom stereocenters. The Morgan fingerprint density at radius 3 is 2.70 bits per heavy atom. The standard InChI is InChI=1S/C16H14BrN3O3/c1-10-4-2-3-5-13(10)15(21)23-14-7-6-12(17)8-11(14)9-19-20-16(18)22/h2-9H,1H3,(H3,18,20,22)/b19-9-. The van der Waals surface area contributed by atoms with E-state index in [0.29, 0.717) is 16.9 Å². The van der Waals surface area contributed by atoms with Gasteiger partial charge < -0.3 is 10.5 Å². The largest absolute Gasteiger partial charge is 0.422 e. The summed E-state index contributed by atoms with van der Waals surface area (Å²) in [5.41, 5.74) is 8.84. The Morgan fingerprint density at radius 2 is 2.00 bits per heavy atom. The smallest absolute Gasteiger partial charge is 0.343 e. The van der Waals surface area contributed by atoms with Gasteiger partial charge in [-0.2, -0.15) is 5.10 Å². The van der Waals surface area contributed by atoms with Gasteiger partial charge in [0, 0.05) is 10.0 Å². The van der Waals surface area contributed by atoms with E-state index in [-0.39, 0.29) is 0 Å². The van der Waals surface area contributed by atoms with Crippen molar-refractivity contribution in [2.24, 2.45) is 10.8 Å². The SMILES string of the molecule is Cc1ccccc1C(=O)Oc1ccc(Br)cc1/C=N\NC(N)=O. The Morgan fingerprint density at radius 1 is 1.26 bits per heavy atom. The zero-order valence-electron chi connectivity index (χ0n) is 12.2. The van der Waals surface area contributed by atoms with Crippen LogP contribution >= 0.6 is 15.9 Å². The normalized spacial score (nSPS) is 10.5. The number of nitrogens with one attached hydrogen (secondary N) is 1. The van der Waals surface area contributed by atoms with Crippen LogP contribution < -0.4 is 15.9 Å². The monoisotopic (exact) mass is 375 g/mol. The number of halogens is 1. The number of aryl methyl sites for hydroxylation is 1. The van der Waals surface area contributed by atoms with Crippen molar-refractivity contribution in [3.63, 3.8) is 0 Å². The second kappa shape index (κ2) is 7.55. The number of rotatable bonds is 4. The average Bonchev–Trinajstić information content (AvgIpc) is 2.50. The highest BCUT2D eigenvalue weighted by Gasteiger charge is 2.13. The van der Waals surface area contributed by atoms with E-state index in [4.69, 9.17) is 10.5 Å². The lowest BCUT2D eigenvalue weighted by molar-refractivity contribution is 0.0733. The maximum absolute atomic E-state index is 12.3. The molecule has 0 aliphatic rings. The molecule has 0 aliphatic carbocycles. The van der Waals surface area contributed by atoms with Crippen LogP contribution in [0, 0.1) is 6.92 Å². The number of nitrogens with zero attached hydrogens (tertiary/aromatic N) is 1. The fourth-order valence-electron chi connectivity index (χ4n) is 1.84. The summed E-state index contributed by atoms with van der Waals surface area (Å²) in [4.78, 5) is 22.9. The first-order valence-electron chi connectivity index (χ1n) is 6.63. The van der Waals surface area contributed by atoms with E-state index >= 15 is 0 Å². The Hall–Kier alpha value is -2.67. The number of amides is 2. The lowest BCUT2D eigenvalue weighted by Crippen LogP contribution is -2.24. The number of carbonyl (C=O) groups excluding carboxylic acids is 2. The highest BCUT2D eigenvalue weighted by atomic mass is 79.9. The van der Waals surface area contributed by atoms with E-state index in [1.165, 1.54) is 6.21 Å². The molecular weight excluding hydrogens is 362 g/mol. The predicted octanol–water partition coefficient (Wildman–Crippen LogP) is 2.98. The van der Waals surface area contributed by atoms with Crippen molar-refractivity contribution in [3.8, 4) is 5.75 Å². The topological polar surface area (TPSA) is 93.8 Å². The number of benzene rings is 2. The van der Waals surface area contributed by atoms with Gasteiger partial charge in [0.05, 0.1) is 11.8 Å². The van der Waals surface area contributed by atoms with Crippen LogP contribution in [0.15, 0.2) is 52.0 Å². The molecule has 0 unspecified atom stereocenters. The number of urea groups is 1. The minimum atomic E-state index is -0.783. The van der Waals surface area contributed by atoms with Gasteiger partial charge in [0.25, 0.3) is 0 Å². The molecule has 3 N–H and O–H groups in total. The third-order valence-corrected chi connectivity index (χ3v) is 3.41. The van der Waals surface area contributed by atoms with Gasteiger partial charge in [0.15, 0.2) is 0 Å². The lowest BCUT2D eigenvalue weighted by Gasteiger charge is -2.09. The average molecular weight is 376 g/mol. The highest BCUT2D eigenvalue weighted by molar-refractivity contribution is 9.10. The molecule has 0 saturated carbocycles. The number of carbonyl (C=O) groups is 2. The third kappa shape index (κ3) is 4.65. The van der Waals surface area contributed by atoms with Crippen molar-refractivity contribution in [2.45, 2.75) is 6.92 Å². The molecule has 118 valence electrons. The van der Waals surface area contributed by atoms with Gasteiger partial charge in [0.2, 0.25) is 0 Å². The second-order valence-electron chi connectivity index (χ2n) is 4.62. The molecule has 2 aromatic rings. The molecule has 23 heavy (non-hydrogen) atoms. The van der Waals surface area contributed by atoms with Gasteiger partial charge in [-0.05, 0) is 36.8 Å². The van der Waals surface area contributed by atoms with Crippen LogP contribution in [0.25, 0.3) is 0 Å². The number of hydrogen-bond donors (Lipinski definition) is 2. The predicted molar refractivity (Wildman–Crippen MR) is 90.6 cm³/mol.